The summed E-state index contributed by atoms with van der Waals surface area (Å²) in [6.07, 6.45) is -6.26. The van der Waals surface area contributed by atoms with E-state index in [0.717, 1.165) is 0 Å². The minimum Gasteiger partial charge on any atom is -0.396 e. The molecule has 334 valence electrons. The van der Waals surface area contributed by atoms with E-state index in [0.29, 0.717) is 5.56 Å². The summed E-state index contributed by atoms with van der Waals surface area (Å²) in [5.41, 5.74) is -0.160. The van der Waals surface area contributed by atoms with Crippen molar-refractivity contribution < 1.29 is 55.7 Å². The molecule has 0 saturated carbocycles. The van der Waals surface area contributed by atoms with Crippen molar-refractivity contribution in [3.63, 3.8) is 0 Å². The standard InChI is InChI=1S/C37H42FN11O12P2/c1-19(2)32(51)46-37-45-31-26(34(53)47-37)43-18-49(31)36-27-21(14-50)23(59-36)15-57-62(56-12-11-39-3)60-28-22(10-13-63(54,55-4)61-27)58-35(24(28)38)48-17-42-25-29(40-16-41-30(25)48)44-33(52)20-8-6-5-7-9-20/h5-9,16-19,21-24,27-28,35-36,50H,10-15H2,1-2,4H3,(H,40,41,44,52)(H2,45,46,47,51,53). The van der Waals surface area contributed by atoms with E-state index in [1.165, 1.54) is 35.2 Å². The summed E-state index contributed by atoms with van der Waals surface area (Å²) in [4.78, 5) is 65.9. The number of imidazole rings is 2. The molecule has 0 radical (unpaired) electrons. The van der Waals surface area contributed by atoms with Crippen LogP contribution in [-0.2, 0) is 41.5 Å². The van der Waals surface area contributed by atoms with E-state index in [2.05, 4.69) is 45.4 Å². The highest BCUT2D eigenvalue weighted by molar-refractivity contribution is 7.53. The summed E-state index contributed by atoms with van der Waals surface area (Å²) in [5, 5.41) is 16.0. The first-order valence-corrected chi connectivity index (χ1v) is 22.5. The lowest BCUT2D eigenvalue weighted by Gasteiger charge is -2.28. The van der Waals surface area contributed by atoms with E-state index >= 15 is 4.39 Å². The van der Waals surface area contributed by atoms with Gasteiger partial charge in [0.15, 0.2) is 46.8 Å². The molecular weight excluding hydrogens is 871 g/mol. The second-order valence-corrected chi connectivity index (χ2v) is 18.3. The Morgan fingerprint density at radius 3 is 2.54 bits per heavy atom. The van der Waals surface area contributed by atoms with Gasteiger partial charge in [-0.05, 0) is 18.6 Å². The van der Waals surface area contributed by atoms with Crippen LogP contribution >= 0.6 is 16.2 Å². The molecule has 0 spiro atoms. The van der Waals surface area contributed by atoms with Crippen LogP contribution in [0.25, 0.3) is 27.2 Å². The summed E-state index contributed by atoms with van der Waals surface area (Å²) >= 11 is 0. The van der Waals surface area contributed by atoms with Crippen LogP contribution in [0.2, 0.25) is 0 Å². The zero-order valence-electron chi connectivity index (χ0n) is 33.8. The number of fused-ring (bicyclic) bond motifs is 5. The molecule has 4 N–H and O–H groups in total. The number of aromatic nitrogens is 8. The second-order valence-electron chi connectivity index (χ2n) is 14.9. The van der Waals surface area contributed by atoms with Crippen molar-refractivity contribution in [1.82, 2.24) is 39.0 Å². The number of H-pyrrole nitrogens is 1. The number of aliphatic hydroxyl groups is 1. The second kappa shape index (κ2) is 18.9. The van der Waals surface area contributed by atoms with Crippen LogP contribution in [0.3, 0.4) is 0 Å². The third-order valence-corrected chi connectivity index (χ3v) is 13.6. The summed E-state index contributed by atoms with van der Waals surface area (Å²) < 4.78 is 77.0. The Hall–Kier alpha value is -5.18. The Morgan fingerprint density at radius 2 is 1.81 bits per heavy atom. The number of nitrogens with zero attached hydrogens (tertiary/aromatic N) is 8. The van der Waals surface area contributed by atoms with E-state index in [9.17, 15) is 24.1 Å². The molecule has 4 aromatic heterocycles. The number of amides is 2. The normalized spacial score (nSPS) is 28.8. The van der Waals surface area contributed by atoms with Gasteiger partial charge in [-0.25, -0.2) is 30.9 Å². The van der Waals surface area contributed by atoms with Gasteiger partial charge in [-0.1, -0.05) is 32.0 Å². The molecule has 10 unspecified atom stereocenters. The Morgan fingerprint density at radius 1 is 1.06 bits per heavy atom. The Kier molecular flexibility index (Phi) is 13.3. The van der Waals surface area contributed by atoms with Gasteiger partial charge in [-0.3, -0.25) is 42.9 Å². The van der Waals surface area contributed by atoms with Crippen LogP contribution in [0.1, 0.15) is 43.1 Å². The highest BCUT2D eigenvalue weighted by Gasteiger charge is 2.53. The number of aliphatic hydroxyl groups excluding tert-OH is 1. The first-order chi connectivity index (χ1) is 30.4. The fourth-order valence-electron chi connectivity index (χ4n) is 7.28. The zero-order chi connectivity index (χ0) is 44.4. The van der Waals surface area contributed by atoms with Gasteiger partial charge in [-0.15, -0.1) is 0 Å². The molecule has 2 amide bonds. The molecule has 5 aromatic rings. The van der Waals surface area contributed by atoms with Crippen LogP contribution in [0.15, 0.2) is 54.1 Å². The van der Waals surface area contributed by atoms with Crippen molar-refractivity contribution in [2.75, 3.05) is 50.3 Å². The monoisotopic (exact) mass is 913 g/mol. The lowest BCUT2D eigenvalue weighted by Crippen LogP contribution is -2.33. The third-order valence-electron chi connectivity index (χ3n) is 10.5. The van der Waals surface area contributed by atoms with Crippen molar-refractivity contribution in [3.05, 3.63) is 76.6 Å². The molecule has 3 aliphatic heterocycles. The lowest BCUT2D eigenvalue weighted by molar-refractivity contribution is -0.118. The van der Waals surface area contributed by atoms with E-state index in [4.69, 9.17) is 38.7 Å². The number of carbonyl (C=O) groups excluding carboxylic acids is 2. The van der Waals surface area contributed by atoms with Crippen LogP contribution in [0, 0.1) is 18.4 Å². The molecule has 3 aliphatic rings. The number of hydrogen-bond acceptors (Lipinski definition) is 17. The van der Waals surface area contributed by atoms with Crippen molar-refractivity contribution in [3.8, 4) is 0 Å². The SMILES string of the molecule is [C-]#[N+]CCOP1OCC2OC(n3cnc4c(=O)[nH]c(NC(=O)C(C)C)nc43)C(OP(=O)(OC)CCC3OC(n4cnc5c(NC(=O)c6ccccc6)ncnc54)C(F)C3O1)C2CO. The van der Waals surface area contributed by atoms with Gasteiger partial charge in [0.05, 0.1) is 44.2 Å². The fourth-order valence-corrected chi connectivity index (χ4v) is 10.00. The number of carbonyl (C=O) groups is 2. The van der Waals surface area contributed by atoms with Crippen LogP contribution in [0.4, 0.5) is 16.2 Å². The number of ether oxygens (including phenoxy) is 2. The highest BCUT2D eigenvalue weighted by Crippen LogP contribution is 2.56. The minimum atomic E-state index is -4.18. The van der Waals surface area contributed by atoms with Crippen molar-refractivity contribution in [2.45, 2.75) is 63.3 Å². The molecule has 23 nitrogen and oxygen atoms in total. The summed E-state index contributed by atoms with van der Waals surface area (Å²) in [6, 6.07) is 8.45. The van der Waals surface area contributed by atoms with Gasteiger partial charge in [-0.2, -0.15) is 4.98 Å². The van der Waals surface area contributed by atoms with Crippen molar-refractivity contribution in [1.29, 1.82) is 0 Å². The highest BCUT2D eigenvalue weighted by atomic mass is 31.2. The molecule has 26 heteroatoms. The van der Waals surface area contributed by atoms with Crippen LogP contribution in [0.5, 0.6) is 0 Å². The molecule has 8 rings (SSSR count). The maximum absolute atomic E-state index is 16.9. The molecule has 63 heavy (non-hydrogen) atoms. The Bertz CT molecular complexity index is 2610. The summed E-state index contributed by atoms with van der Waals surface area (Å²) in [7, 11) is -5.46. The number of halogens is 1. The average Bonchev–Trinajstić information content (AvgIpc) is 4.06. The number of hydrogen-bond donors (Lipinski definition) is 4. The van der Waals surface area contributed by atoms with Crippen LogP contribution < -0.4 is 16.2 Å². The largest absolute Gasteiger partial charge is 0.396 e. The molecule has 10 atom stereocenters. The Labute approximate surface area is 358 Å². The lowest BCUT2D eigenvalue weighted by atomic mass is 9.99. The smallest absolute Gasteiger partial charge is 0.333 e. The Balaban J connectivity index is 1.11. The predicted octanol–water partition coefficient (Wildman–Crippen LogP) is 3.74. The van der Waals surface area contributed by atoms with E-state index in [-0.39, 0.29) is 66.4 Å². The van der Waals surface area contributed by atoms with Crippen LogP contribution in [-0.4, -0.2) is 126 Å². The number of anilines is 2. The van der Waals surface area contributed by atoms with Gasteiger partial charge >= 0.3 is 16.2 Å². The van der Waals surface area contributed by atoms with Gasteiger partial charge in [0, 0.05) is 24.5 Å². The van der Waals surface area contributed by atoms with E-state index < -0.39 is 95.1 Å². The number of alkyl halides is 1. The van der Waals surface area contributed by atoms with E-state index in [1.54, 1.807) is 44.2 Å². The molecule has 7 heterocycles. The van der Waals surface area contributed by atoms with Crippen molar-refractivity contribution in [2.24, 2.45) is 11.8 Å². The van der Waals surface area contributed by atoms with Gasteiger partial charge in [0.1, 0.15) is 25.1 Å². The van der Waals surface area contributed by atoms with Gasteiger partial charge in [0.2, 0.25) is 18.4 Å². The summed E-state index contributed by atoms with van der Waals surface area (Å²) in [6.45, 7) is 9.44. The number of nitrogens with one attached hydrogen (secondary N) is 3. The number of aromatic amines is 1. The summed E-state index contributed by atoms with van der Waals surface area (Å²) in [5.74, 6) is -2.34. The zero-order valence-corrected chi connectivity index (χ0v) is 35.6. The maximum atomic E-state index is 16.9. The van der Waals surface area contributed by atoms with Gasteiger partial charge in [0.25, 0.3) is 11.5 Å². The average molecular weight is 914 g/mol. The quantitative estimate of drug-likeness (QED) is 0.0835. The fraction of sp³-hybridized carbons (Fsp3) is 0.486. The third kappa shape index (κ3) is 9.12. The first kappa shape index (κ1) is 44.4. The molecule has 1 aromatic carbocycles. The number of rotatable bonds is 11. The van der Waals surface area contributed by atoms with Crippen molar-refractivity contribution >= 4 is 62.1 Å². The maximum Gasteiger partial charge on any atom is 0.333 e. The molecular formula is C37H42FN11O12P2. The topological polar surface area (TPSA) is 272 Å². The minimum absolute atomic E-state index is 0.0266. The van der Waals surface area contributed by atoms with E-state index in [1.807, 2.05) is 0 Å². The molecule has 0 aliphatic carbocycles. The van der Waals surface area contributed by atoms with Gasteiger partial charge < -0.3 is 42.8 Å². The molecule has 2 bridgehead atoms. The first-order valence-electron chi connectivity index (χ1n) is 19.7. The molecule has 3 fully saturated rings. The number of benzene rings is 1. The molecule has 3 saturated heterocycles. The predicted molar refractivity (Wildman–Crippen MR) is 219 cm³/mol.